The van der Waals surface area contributed by atoms with Crippen molar-refractivity contribution in [2.45, 2.75) is 89.6 Å². The Morgan fingerprint density at radius 2 is 1.78 bits per heavy atom. The zero-order valence-electron chi connectivity index (χ0n) is 24.9. The molecule has 4 rings (SSSR count). The van der Waals surface area contributed by atoms with Gasteiger partial charge >= 0.3 is 5.97 Å². The van der Waals surface area contributed by atoms with E-state index in [0.717, 1.165) is 55.6 Å². The van der Waals surface area contributed by atoms with E-state index in [-0.39, 0.29) is 17.6 Å². The second kappa shape index (κ2) is 14.9. The molecular weight excluding hydrogens is 534 g/mol. The summed E-state index contributed by atoms with van der Waals surface area (Å²) < 4.78 is 36.6. The lowest BCUT2D eigenvalue weighted by Crippen LogP contribution is -2.32. The fourth-order valence-electron chi connectivity index (χ4n) is 5.75. The van der Waals surface area contributed by atoms with Crippen molar-refractivity contribution in [3.05, 3.63) is 83.7 Å². The van der Waals surface area contributed by atoms with Gasteiger partial charge in [0.25, 0.3) is 0 Å². The number of ether oxygens (including phenoxy) is 1. The molecule has 7 heteroatoms. The van der Waals surface area contributed by atoms with E-state index in [2.05, 4.69) is 41.7 Å². The van der Waals surface area contributed by atoms with Gasteiger partial charge in [-0.2, -0.15) is 0 Å². The van der Waals surface area contributed by atoms with Gasteiger partial charge in [-0.3, -0.25) is 4.79 Å². The predicted octanol–water partition coefficient (Wildman–Crippen LogP) is 8.74. The van der Waals surface area contributed by atoms with E-state index >= 15 is 0 Å². The lowest BCUT2D eigenvalue weighted by atomic mass is 9.82. The van der Waals surface area contributed by atoms with Gasteiger partial charge in [0, 0.05) is 44.1 Å². The van der Waals surface area contributed by atoms with Crippen molar-refractivity contribution in [3.63, 3.8) is 0 Å². The highest BCUT2D eigenvalue weighted by Gasteiger charge is 2.28. The molecule has 4 nitrogen and oxygen atoms in total. The van der Waals surface area contributed by atoms with Crippen LogP contribution in [-0.4, -0.2) is 31.8 Å². The molecule has 0 spiro atoms. The highest BCUT2D eigenvalue weighted by molar-refractivity contribution is 6.76. The maximum Gasteiger partial charge on any atom is 0.305 e. The number of nitrogens with one attached hydrogen (secondary N) is 1. The van der Waals surface area contributed by atoms with E-state index in [0.29, 0.717) is 31.1 Å². The summed E-state index contributed by atoms with van der Waals surface area (Å²) >= 11 is 0. The number of aromatic nitrogens is 1. The quantitative estimate of drug-likeness (QED) is 0.118. The van der Waals surface area contributed by atoms with Gasteiger partial charge in [-0.25, -0.2) is 8.78 Å². The molecule has 1 aliphatic carbocycles. The standard InChI is InChI=1S/C34H46F2N2O2Si/c1-41(2,3)21-20-40-33(39)16-10-11-19-37-34(27-14-8-5-9-15-27)32-22-28(30-23-29(35)17-18-31(30)36)25-38(32)24-26-12-6-4-7-13-26/h4,6-7,12-13,17-18,22-23,25,27,34,37H,5,8-11,14-16,19-21,24H2,1-3H3/t34-/m1/s1. The lowest BCUT2D eigenvalue weighted by molar-refractivity contribution is -0.143. The number of carbonyl (C=O) groups excluding carboxylic acids is 1. The molecular formula is C34H46F2N2O2Si. The summed E-state index contributed by atoms with van der Waals surface area (Å²) in [5.41, 5.74) is 3.24. The zero-order valence-corrected chi connectivity index (χ0v) is 25.9. The summed E-state index contributed by atoms with van der Waals surface area (Å²) in [4.78, 5) is 12.2. The van der Waals surface area contributed by atoms with Crippen molar-refractivity contribution < 1.29 is 18.3 Å². The Labute approximate surface area is 245 Å². The predicted molar refractivity (Wildman–Crippen MR) is 166 cm³/mol. The van der Waals surface area contributed by atoms with Crippen LogP contribution in [-0.2, 0) is 16.1 Å². The summed E-state index contributed by atoms with van der Waals surface area (Å²) in [6, 6.07) is 17.0. The molecule has 1 fully saturated rings. The Morgan fingerprint density at radius 3 is 2.51 bits per heavy atom. The summed E-state index contributed by atoms with van der Waals surface area (Å²) in [5, 5.41) is 3.82. The molecule has 1 heterocycles. The van der Waals surface area contributed by atoms with Crippen molar-refractivity contribution >= 4 is 14.0 Å². The van der Waals surface area contributed by atoms with Crippen LogP contribution >= 0.6 is 0 Å². The number of hydrogen-bond donors (Lipinski definition) is 1. The van der Waals surface area contributed by atoms with Crippen molar-refractivity contribution in [3.8, 4) is 11.1 Å². The van der Waals surface area contributed by atoms with Gasteiger partial charge in [0.2, 0.25) is 0 Å². The molecule has 2 aromatic carbocycles. The number of carbonyl (C=O) groups is 1. The van der Waals surface area contributed by atoms with Crippen molar-refractivity contribution in [2.24, 2.45) is 5.92 Å². The van der Waals surface area contributed by atoms with E-state index in [9.17, 15) is 13.6 Å². The molecule has 0 radical (unpaired) electrons. The van der Waals surface area contributed by atoms with Gasteiger partial charge in [0.15, 0.2) is 0 Å². The molecule has 3 aromatic rings. The smallest absolute Gasteiger partial charge is 0.305 e. The molecule has 1 N–H and O–H groups in total. The first kappa shape index (κ1) is 31.2. The third-order valence-corrected chi connectivity index (χ3v) is 9.80. The number of unbranched alkanes of at least 4 members (excludes halogenated alkanes) is 1. The first-order chi connectivity index (χ1) is 19.7. The third kappa shape index (κ3) is 9.64. The van der Waals surface area contributed by atoms with Crippen LogP contribution in [0.2, 0.25) is 25.7 Å². The number of hydrogen-bond acceptors (Lipinski definition) is 3. The average Bonchev–Trinajstić information content (AvgIpc) is 3.35. The van der Waals surface area contributed by atoms with Crippen LogP contribution in [0.5, 0.6) is 0 Å². The average molecular weight is 581 g/mol. The lowest BCUT2D eigenvalue weighted by Gasteiger charge is -2.32. The first-order valence-electron chi connectivity index (χ1n) is 15.3. The molecule has 1 atom stereocenters. The topological polar surface area (TPSA) is 43.3 Å². The monoisotopic (exact) mass is 580 g/mol. The minimum absolute atomic E-state index is 0.0908. The van der Waals surface area contributed by atoms with Crippen LogP contribution in [0.3, 0.4) is 0 Å². The number of halogens is 2. The molecule has 0 amide bonds. The van der Waals surface area contributed by atoms with Crippen LogP contribution in [0.15, 0.2) is 60.8 Å². The van der Waals surface area contributed by atoms with Gasteiger partial charge in [-0.1, -0.05) is 69.2 Å². The second-order valence-corrected chi connectivity index (χ2v) is 18.3. The van der Waals surface area contributed by atoms with Crippen LogP contribution in [0.4, 0.5) is 8.78 Å². The minimum atomic E-state index is -1.21. The molecule has 1 aliphatic rings. The molecule has 0 aliphatic heterocycles. The Kier molecular flexibility index (Phi) is 11.3. The molecule has 222 valence electrons. The van der Waals surface area contributed by atoms with E-state index in [1.165, 1.54) is 31.4 Å². The summed E-state index contributed by atoms with van der Waals surface area (Å²) in [5.74, 6) is -0.510. The van der Waals surface area contributed by atoms with Crippen molar-refractivity contribution in [1.82, 2.24) is 9.88 Å². The highest BCUT2D eigenvalue weighted by Crippen LogP contribution is 2.37. The summed E-state index contributed by atoms with van der Waals surface area (Å²) in [7, 11) is -1.21. The van der Waals surface area contributed by atoms with Crippen LogP contribution < -0.4 is 5.32 Å². The molecule has 1 aromatic heterocycles. The van der Waals surface area contributed by atoms with Gasteiger partial charge in [0.05, 0.1) is 12.6 Å². The maximum absolute atomic E-state index is 14.8. The van der Waals surface area contributed by atoms with Crippen LogP contribution in [0.25, 0.3) is 11.1 Å². The van der Waals surface area contributed by atoms with Crippen LogP contribution in [0, 0.1) is 17.6 Å². The fraction of sp³-hybridized carbons (Fsp3) is 0.500. The minimum Gasteiger partial charge on any atom is -0.466 e. The van der Waals surface area contributed by atoms with Gasteiger partial charge < -0.3 is 14.6 Å². The number of rotatable bonds is 14. The third-order valence-electron chi connectivity index (χ3n) is 8.09. The van der Waals surface area contributed by atoms with Crippen LogP contribution in [0.1, 0.15) is 68.7 Å². The van der Waals surface area contributed by atoms with Gasteiger partial charge in [0.1, 0.15) is 11.6 Å². The maximum atomic E-state index is 14.8. The van der Waals surface area contributed by atoms with Gasteiger partial charge in [-0.15, -0.1) is 0 Å². The Morgan fingerprint density at radius 1 is 1.02 bits per heavy atom. The number of esters is 1. The zero-order chi connectivity index (χ0) is 29.2. The van der Waals surface area contributed by atoms with Crippen molar-refractivity contribution in [2.75, 3.05) is 13.2 Å². The van der Waals surface area contributed by atoms with E-state index in [1.807, 2.05) is 30.5 Å². The molecule has 1 saturated carbocycles. The van der Waals surface area contributed by atoms with E-state index in [4.69, 9.17) is 4.74 Å². The Balaban J connectivity index is 1.50. The largest absolute Gasteiger partial charge is 0.466 e. The molecule has 0 bridgehead atoms. The number of benzene rings is 2. The Bertz CT molecular complexity index is 1250. The first-order valence-corrected chi connectivity index (χ1v) is 19.0. The number of nitrogens with zero attached hydrogens (tertiary/aromatic N) is 1. The molecule has 41 heavy (non-hydrogen) atoms. The van der Waals surface area contributed by atoms with E-state index in [1.54, 1.807) is 0 Å². The summed E-state index contributed by atoms with van der Waals surface area (Å²) in [6.07, 6.45) is 10.0. The fourth-order valence-corrected chi connectivity index (χ4v) is 6.46. The molecule has 0 saturated heterocycles. The van der Waals surface area contributed by atoms with Gasteiger partial charge in [-0.05, 0) is 74.0 Å². The summed E-state index contributed by atoms with van der Waals surface area (Å²) in [6.45, 7) is 8.81. The highest BCUT2D eigenvalue weighted by atomic mass is 28.3. The Hall–Kier alpha value is -2.77. The van der Waals surface area contributed by atoms with Crippen molar-refractivity contribution in [1.29, 1.82) is 0 Å². The van der Waals surface area contributed by atoms with E-state index < -0.39 is 19.7 Å². The SMILES string of the molecule is C[Si](C)(C)CCOC(=O)CCCCN[C@@H](c1cc(-c2cc(F)ccc2F)cn1Cc1ccccc1)C1CCCCC1. The second-order valence-electron chi connectivity index (χ2n) is 12.7. The normalized spacial score (nSPS) is 15.1. The molecule has 0 unspecified atom stereocenters.